The van der Waals surface area contributed by atoms with E-state index in [4.69, 9.17) is 9.84 Å². The highest BCUT2D eigenvalue weighted by atomic mass is 16.5. The second kappa shape index (κ2) is 7.26. The van der Waals surface area contributed by atoms with Gasteiger partial charge >= 0.3 is 5.97 Å². The first kappa shape index (κ1) is 17.5. The van der Waals surface area contributed by atoms with Crippen LogP contribution in [0.25, 0.3) is 0 Å². The number of rotatable bonds is 6. The molecule has 0 unspecified atom stereocenters. The zero-order chi connectivity index (χ0) is 18.7. The summed E-state index contributed by atoms with van der Waals surface area (Å²) in [6.07, 6.45) is 0.922. The maximum absolute atomic E-state index is 12.4. The molecule has 0 spiro atoms. The highest BCUT2D eigenvalue weighted by Crippen LogP contribution is 2.33. The summed E-state index contributed by atoms with van der Waals surface area (Å²) in [6.45, 7) is 1.58. The van der Waals surface area contributed by atoms with E-state index in [1.54, 1.807) is 25.1 Å². The van der Waals surface area contributed by atoms with Gasteiger partial charge in [-0.3, -0.25) is 19.1 Å². The van der Waals surface area contributed by atoms with Gasteiger partial charge in [0, 0.05) is 25.2 Å². The molecular formula is C17H18N4O5. The van der Waals surface area contributed by atoms with Crippen LogP contribution in [0.15, 0.2) is 36.5 Å². The molecule has 2 aromatic rings. The van der Waals surface area contributed by atoms with E-state index in [1.807, 2.05) is 6.07 Å². The van der Waals surface area contributed by atoms with Crippen LogP contribution in [-0.2, 0) is 20.9 Å². The number of amides is 2. The van der Waals surface area contributed by atoms with Gasteiger partial charge in [0.05, 0.1) is 5.69 Å². The summed E-state index contributed by atoms with van der Waals surface area (Å²) < 4.78 is 6.77. The molecule has 1 aromatic carbocycles. The molecule has 1 aromatic heterocycles. The Labute approximate surface area is 149 Å². The molecule has 3 rings (SSSR count). The van der Waals surface area contributed by atoms with Gasteiger partial charge in [0.15, 0.2) is 11.9 Å². The number of carboxylic acids is 1. The number of ether oxygens (including phenoxy) is 1. The van der Waals surface area contributed by atoms with E-state index in [9.17, 15) is 14.4 Å². The number of fused-ring (bicyclic) bond motifs is 1. The first-order valence-corrected chi connectivity index (χ1v) is 8.06. The normalized spacial score (nSPS) is 16.0. The molecule has 136 valence electrons. The van der Waals surface area contributed by atoms with Crippen molar-refractivity contribution in [2.75, 3.05) is 16.8 Å². The molecular weight excluding hydrogens is 340 g/mol. The lowest BCUT2D eigenvalue weighted by Crippen LogP contribution is -2.45. The van der Waals surface area contributed by atoms with Crippen LogP contribution in [0.1, 0.15) is 13.3 Å². The molecule has 0 fully saturated rings. The van der Waals surface area contributed by atoms with Crippen molar-refractivity contribution in [1.29, 1.82) is 0 Å². The predicted octanol–water partition coefficient (Wildman–Crippen LogP) is 1.11. The monoisotopic (exact) mass is 358 g/mol. The van der Waals surface area contributed by atoms with Gasteiger partial charge in [-0.15, -0.1) is 0 Å². The molecule has 1 atom stereocenters. The van der Waals surface area contributed by atoms with Gasteiger partial charge in [0.2, 0.25) is 5.91 Å². The fourth-order valence-corrected chi connectivity index (χ4v) is 2.66. The number of carbonyl (C=O) groups excluding carboxylic acids is 2. The second-order valence-electron chi connectivity index (χ2n) is 5.81. The predicted molar refractivity (Wildman–Crippen MR) is 92.0 cm³/mol. The van der Waals surface area contributed by atoms with Crippen molar-refractivity contribution in [2.45, 2.75) is 26.0 Å². The Balaban J connectivity index is 1.61. The molecule has 9 heteroatoms. The number of nitrogens with zero attached hydrogens (tertiary/aromatic N) is 3. The van der Waals surface area contributed by atoms with Crippen LogP contribution in [0, 0.1) is 0 Å². The first-order chi connectivity index (χ1) is 12.4. The van der Waals surface area contributed by atoms with Crippen LogP contribution in [0.4, 0.5) is 11.5 Å². The minimum Gasteiger partial charge on any atom is -0.480 e. The minimum atomic E-state index is -1.02. The SMILES string of the molecule is C[C@H]1Oc2ccccc2N(CCC(=O)Nc2ccn(CC(=O)O)n2)C1=O. The van der Waals surface area contributed by atoms with Gasteiger partial charge in [-0.2, -0.15) is 5.10 Å². The smallest absolute Gasteiger partial charge is 0.325 e. The molecule has 2 heterocycles. The Kier molecular flexibility index (Phi) is 4.87. The lowest BCUT2D eigenvalue weighted by molar-refractivity contribution is -0.137. The third-order valence-corrected chi connectivity index (χ3v) is 3.84. The fourth-order valence-electron chi connectivity index (χ4n) is 2.66. The topological polar surface area (TPSA) is 114 Å². The van der Waals surface area contributed by atoms with Crippen molar-refractivity contribution < 1.29 is 24.2 Å². The number of nitrogens with one attached hydrogen (secondary N) is 1. The van der Waals surface area contributed by atoms with Crippen molar-refractivity contribution in [1.82, 2.24) is 9.78 Å². The Hall–Kier alpha value is -3.36. The zero-order valence-corrected chi connectivity index (χ0v) is 14.1. The number of hydrogen-bond donors (Lipinski definition) is 2. The van der Waals surface area contributed by atoms with E-state index in [2.05, 4.69) is 10.4 Å². The van der Waals surface area contributed by atoms with E-state index in [0.717, 1.165) is 0 Å². The summed E-state index contributed by atoms with van der Waals surface area (Å²) in [5.41, 5.74) is 0.633. The van der Waals surface area contributed by atoms with Gasteiger partial charge in [-0.25, -0.2) is 0 Å². The van der Waals surface area contributed by atoms with E-state index in [-0.39, 0.29) is 37.1 Å². The van der Waals surface area contributed by atoms with Gasteiger partial charge in [-0.1, -0.05) is 12.1 Å². The van der Waals surface area contributed by atoms with Crippen LogP contribution in [0.5, 0.6) is 5.75 Å². The van der Waals surface area contributed by atoms with E-state index in [0.29, 0.717) is 11.4 Å². The molecule has 9 nitrogen and oxygen atoms in total. The maximum atomic E-state index is 12.4. The average molecular weight is 358 g/mol. The molecule has 0 radical (unpaired) electrons. The average Bonchev–Trinajstić information content (AvgIpc) is 3.01. The summed E-state index contributed by atoms with van der Waals surface area (Å²) in [4.78, 5) is 36.7. The Bertz CT molecular complexity index is 847. The highest BCUT2D eigenvalue weighted by molar-refractivity contribution is 6.00. The lowest BCUT2D eigenvalue weighted by Gasteiger charge is -2.32. The number of para-hydroxylation sites is 2. The second-order valence-corrected chi connectivity index (χ2v) is 5.81. The molecule has 26 heavy (non-hydrogen) atoms. The minimum absolute atomic E-state index is 0.0680. The lowest BCUT2D eigenvalue weighted by atomic mass is 10.1. The summed E-state index contributed by atoms with van der Waals surface area (Å²) in [6, 6.07) is 8.68. The molecule has 0 saturated heterocycles. The summed E-state index contributed by atoms with van der Waals surface area (Å²) in [5, 5.41) is 15.3. The number of aliphatic carboxylic acids is 1. The van der Waals surface area contributed by atoms with Crippen LogP contribution in [0.3, 0.4) is 0 Å². The number of carboxylic acid groups (broad SMARTS) is 1. The number of aromatic nitrogens is 2. The quantitative estimate of drug-likeness (QED) is 0.800. The number of hydrogen-bond acceptors (Lipinski definition) is 5. The van der Waals surface area contributed by atoms with Gasteiger partial charge in [-0.05, 0) is 19.1 Å². The van der Waals surface area contributed by atoms with Crippen LogP contribution < -0.4 is 15.0 Å². The van der Waals surface area contributed by atoms with E-state index >= 15 is 0 Å². The van der Waals surface area contributed by atoms with Crippen molar-refractivity contribution in [3.63, 3.8) is 0 Å². The highest BCUT2D eigenvalue weighted by Gasteiger charge is 2.31. The molecule has 0 saturated carbocycles. The summed E-state index contributed by atoms with van der Waals surface area (Å²) >= 11 is 0. The first-order valence-electron chi connectivity index (χ1n) is 8.06. The maximum Gasteiger partial charge on any atom is 0.325 e. The largest absolute Gasteiger partial charge is 0.480 e. The Morgan fingerprint density at radius 3 is 2.85 bits per heavy atom. The summed E-state index contributed by atoms with van der Waals surface area (Å²) in [5.74, 6) is -0.687. The Morgan fingerprint density at radius 1 is 1.31 bits per heavy atom. The van der Waals surface area contributed by atoms with E-state index in [1.165, 1.54) is 21.8 Å². The molecule has 2 N–H and O–H groups in total. The standard InChI is InChI=1S/C17H18N4O5/c1-11-17(25)21(12-4-2-3-5-13(12)26-11)9-7-15(22)18-14-6-8-20(19-14)10-16(23)24/h2-6,8,11H,7,9-10H2,1H3,(H,23,24)(H,18,19,22)/t11-/m1/s1. The van der Waals surface area contributed by atoms with Crippen molar-refractivity contribution in [3.8, 4) is 5.75 Å². The molecule has 1 aliphatic rings. The van der Waals surface area contributed by atoms with Gasteiger partial charge < -0.3 is 20.1 Å². The third-order valence-electron chi connectivity index (χ3n) is 3.84. The Morgan fingerprint density at radius 2 is 2.08 bits per heavy atom. The molecule has 0 aliphatic carbocycles. The van der Waals surface area contributed by atoms with Crippen molar-refractivity contribution in [3.05, 3.63) is 36.5 Å². The molecule has 2 amide bonds. The zero-order valence-electron chi connectivity index (χ0n) is 14.1. The van der Waals surface area contributed by atoms with Gasteiger partial charge in [0.25, 0.3) is 5.91 Å². The van der Waals surface area contributed by atoms with Crippen LogP contribution in [-0.4, -0.2) is 45.3 Å². The third kappa shape index (κ3) is 3.82. The van der Waals surface area contributed by atoms with E-state index < -0.39 is 12.1 Å². The van der Waals surface area contributed by atoms with Crippen LogP contribution >= 0.6 is 0 Å². The summed E-state index contributed by atoms with van der Waals surface area (Å²) in [7, 11) is 0. The number of carbonyl (C=O) groups is 3. The molecule has 1 aliphatic heterocycles. The molecule has 0 bridgehead atoms. The number of anilines is 2. The number of benzene rings is 1. The fraction of sp³-hybridized carbons (Fsp3) is 0.294. The van der Waals surface area contributed by atoms with Gasteiger partial charge in [0.1, 0.15) is 12.3 Å². The van der Waals surface area contributed by atoms with Crippen molar-refractivity contribution >= 4 is 29.3 Å². The van der Waals surface area contributed by atoms with Crippen molar-refractivity contribution in [2.24, 2.45) is 0 Å². The van der Waals surface area contributed by atoms with Crippen LogP contribution in [0.2, 0.25) is 0 Å².